The van der Waals surface area contributed by atoms with E-state index in [1.807, 2.05) is 35.7 Å². The van der Waals surface area contributed by atoms with Crippen molar-refractivity contribution in [2.45, 2.75) is 13.1 Å². The normalized spacial score (nSPS) is 10.7. The van der Waals surface area contributed by atoms with Crippen molar-refractivity contribution in [1.82, 2.24) is 24.9 Å². The number of hydrogen-bond donors (Lipinski definition) is 2. The Morgan fingerprint density at radius 2 is 1.92 bits per heavy atom. The van der Waals surface area contributed by atoms with E-state index in [1.54, 1.807) is 11.3 Å². The van der Waals surface area contributed by atoms with E-state index in [9.17, 15) is 4.79 Å². The first-order valence-corrected chi connectivity index (χ1v) is 8.45. The van der Waals surface area contributed by atoms with Crippen LogP contribution in [0.25, 0.3) is 16.5 Å². The molecule has 0 amide bonds. The van der Waals surface area contributed by atoms with Crippen LogP contribution in [0.4, 0.5) is 0 Å². The van der Waals surface area contributed by atoms with Crippen molar-refractivity contribution in [2.75, 3.05) is 0 Å². The number of H-pyrrole nitrogens is 1. The van der Waals surface area contributed by atoms with E-state index in [0.717, 1.165) is 11.4 Å². The van der Waals surface area contributed by atoms with Crippen molar-refractivity contribution >= 4 is 29.5 Å². The Hall–Kier alpha value is -2.48. The highest BCUT2D eigenvalue weighted by molar-refractivity contribution is 7.13. The lowest BCUT2D eigenvalue weighted by Gasteiger charge is -2.04. The minimum atomic E-state index is -0.160. The van der Waals surface area contributed by atoms with Gasteiger partial charge in [0, 0.05) is 19.2 Å². The zero-order valence-electron chi connectivity index (χ0n) is 13.2. The SMILES string of the molecule is Cl.O=c1cc(CNCc2ccccc2)nc2nc(-c3cccs3)[nH]n12. The van der Waals surface area contributed by atoms with Gasteiger partial charge in [0.05, 0.1) is 10.6 Å². The molecule has 4 aromatic rings. The molecule has 0 unspecified atom stereocenters. The van der Waals surface area contributed by atoms with Gasteiger partial charge in [-0.25, -0.2) is 4.98 Å². The maximum absolute atomic E-state index is 12.2. The fourth-order valence-electron chi connectivity index (χ4n) is 2.47. The molecule has 128 valence electrons. The second-order valence-corrected chi connectivity index (χ2v) is 6.31. The first-order valence-electron chi connectivity index (χ1n) is 7.57. The molecule has 0 fully saturated rings. The lowest BCUT2D eigenvalue weighted by atomic mass is 10.2. The van der Waals surface area contributed by atoms with Crippen LogP contribution < -0.4 is 10.9 Å². The van der Waals surface area contributed by atoms with Crippen LogP contribution in [0.15, 0.2) is 58.7 Å². The van der Waals surface area contributed by atoms with Crippen LogP contribution in [0.5, 0.6) is 0 Å². The molecular weight excluding hydrogens is 358 g/mol. The monoisotopic (exact) mass is 373 g/mol. The highest BCUT2D eigenvalue weighted by atomic mass is 35.5. The highest BCUT2D eigenvalue weighted by Gasteiger charge is 2.10. The van der Waals surface area contributed by atoms with Crippen molar-refractivity contribution in [3.05, 3.63) is 75.5 Å². The molecule has 1 aromatic carbocycles. The van der Waals surface area contributed by atoms with Crippen molar-refractivity contribution in [1.29, 1.82) is 0 Å². The molecule has 3 heterocycles. The largest absolute Gasteiger partial charge is 0.307 e. The van der Waals surface area contributed by atoms with Crippen molar-refractivity contribution < 1.29 is 0 Å². The maximum atomic E-state index is 12.2. The Labute approximate surface area is 154 Å². The number of aromatic nitrogens is 4. The molecule has 0 aliphatic heterocycles. The molecule has 0 bridgehead atoms. The van der Waals surface area contributed by atoms with Gasteiger partial charge in [-0.15, -0.1) is 23.7 Å². The van der Waals surface area contributed by atoms with Gasteiger partial charge in [0.1, 0.15) is 0 Å². The number of fused-ring (bicyclic) bond motifs is 1. The van der Waals surface area contributed by atoms with Gasteiger partial charge in [0.25, 0.3) is 11.3 Å². The van der Waals surface area contributed by atoms with Crippen molar-refractivity contribution in [3.8, 4) is 10.7 Å². The van der Waals surface area contributed by atoms with Gasteiger partial charge in [-0.1, -0.05) is 36.4 Å². The fourth-order valence-corrected chi connectivity index (χ4v) is 3.14. The lowest BCUT2D eigenvalue weighted by molar-refractivity contribution is 0.676. The van der Waals surface area contributed by atoms with E-state index in [-0.39, 0.29) is 18.0 Å². The number of halogens is 1. The molecule has 6 nitrogen and oxygen atoms in total. The smallest absolute Gasteiger partial charge is 0.274 e. The molecule has 25 heavy (non-hydrogen) atoms. The van der Waals surface area contributed by atoms with Gasteiger partial charge in [-0.3, -0.25) is 9.89 Å². The van der Waals surface area contributed by atoms with Crippen LogP contribution >= 0.6 is 23.7 Å². The van der Waals surface area contributed by atoms with Crippen LogP contribution in [0.2, 0.25) is 0 Å². The summed E-state index contributed by atoms with van der Waals surface area (Å²) in [7, 11) is 0. The molecule has 0 aliphatic carbocycles. The van der Waals surface area contributed by atoms with Crippen LogP contribution in [0.1, 0.15) is 11.3 Å². The van der Waals surface area contributed by atoms with Crippen LogP contribution in [0, 0.1) is 0 Å². The summed E-state index contributed by atoms with van der Waals surface area (Å²) < 4.78 is 1.37. The number of nitrogens with zero attached hydrogens (tertiary/aromatic N) is 3. The first-order chi connectivity index (χ1) is 11.8. The molecule has 0 radical (unpaired) electrons. The Bertz CT molecular complexity index is 1010. The third kappa shape index (κ3) is 3.79. The molecule has 0 saturated carbocycles. The average molecular weight is 374 g/mol. The van der Waals surface area contributed by atoms with Crippen molar-refractivity contribution in [2.24, 2.45) is 0 Å². The van der Waals surface area contributed by atoms with E-state index in [1.165, 1.54) is 16.1 Å². The standard InChI is InChI=1S/C17H15N5OS.ClH/c23-15-9-13(11-18-10-12-5-2-1-3-6-12)19-17-20-16(21-22(15)17)14-7-4-8-24-14;/h1-9,18H,10-11H2,(H,19,20,21);1H. The van der Waals surface area contributed by atoms with E-state index in [2.05, 4.69) is 32.5 Å². The Kier molecular flexibility index (Phi) is 5.28. The van der Waals surface area contributed by atoms with Crippen LogP contribution in [0.3, 0.4) is 0 Å². The van der Waals surface area contributed by atoms with Gasteiger partial charge in [-0.05, 0) is 17.0 Å². The molecule has 8 heteroatoms. The summed E-state index contributed by atoms with van der Waals surface area (Å²) in [4.78, 5) is 22.1. The molecule has 4 rings (SSSR count). The highest BCUT2D eigenvalue weighted by Crippen LogP contribution is 2.20. The number of nitrogens with one attached hydrogen (secondary N) is 2. The topological polar surface area (TPSA) is 75.1 Å². The Morgan fingerprint density at radius 3 is 2.68 bits per heavy atom. The zero-order valence-corrected chi connectivity index (χ0v) is 14.8. The van der Waals surface area contributed by atoms with E-state index < -0.39 is 0 Å². The molecule has 0 aliphatic rings. The van der Waals surface area contributed by atoms with Crippen molar-refractivity contribution in [3.63, 3.8) is 0 Å². The van der Waals surface area contributed by atoms with Gasteiger partial charge >= 0.3 is 0 Å². The molecular formula is C17H16ClN5OS. The minimum Gasteiger partial charge on any atom is -0.307 e. The van der Waals surface area contributed by atoms with Crippen LogP contribution in [-0.4, -0.2) is 19.6 Å². The summed E-state index contributed by atoms with van der Waals surface area (Å²) in [5, 5.41) is 8.26. The molecule has 3 aromatic heterocycles. The number of hydrogen-bond acceptors (Lipinski definition) is 5. The van der Waals surface area contributed by atoms with Gasteiger partial charge < -0.3 is 5.32 Å². The maximum Gasteiger partial charge on any atom is 0.274 e. The predicted molar refractivity (Wildman–Crippen MR) is 101 cm³/mol. The zero-order chi connectivity index (χ0) is 16.4. The summed E-state index contributed by atoms with van der Waals surface area (Å²) in [5.41, 5.74) is 1.71. The van der Waals surface area contributed by atoms with Gasteiger partial charge in [-0.2, -0.15) is 9.50 Å². The van der Waals surface area contributed by atoms with Gasteiger partial charge in [0.2, 0.25) is 0 Å². The molecule has 2 N–H and O–H groups in total. The Balaban J connectivity index is 0.00000182. The second kappa shape index (κ2) is 7.60. The minimum absolute atomic E-state index is 0. The number of rotatable bonds is 5. The number of benzene rings is 1. The fraction of sp³-hybridized carbons (Fsp3) is 0.118. The third-order valence-electron chi connectivity index (χ3n) is 3.62. The second-order valence-electron chi connectivity index (χ2n) is 5.36. The Morgan fingerprint density at radius 1 is 1.08 bits per heavy atom. The van der Waals surface area contributed by atoms with E-state index in [0.29, 0.717) is 23.8 Å². The predicted octanol–water partition coefficient (Wildman–Crippen LogP) is 2.86. The van der Waals surface area contributed by atoms with Crippen LogP contribution in [-0.2, 0) is 13.1 Å². The molecule has 0 atom stereocenters. The van der Waals surface area contributed by atoms with Gasteiger partial charge in [0.15, 0.2) is 5.82 Å². The summed E-state index contributed by atoms with van der Waals surface area (Å²) in [6.45, 7) is 1.24. The summed E-state index contributed by atoms with van der Waals surface area (Å²) in [6, 6.07) is 15.5. The van der Waals surface area contributed by atoms with E-state index in [4.69, 9.17) is 0 Å². The average Bonchev–Trinajstić information content (AvgIpc) is 3.25. The number of aromatic amines is 1. The van der Waals surface area contributed by atoms with E-state index >= 15 is 0 Å². The quantitative estimate of drug-likeness (QED) is 0.564. The summed E-state index contributed by atoms with van der Waals surface area (Å²) in [5.74, 6) is 1.05. The first kappa shape index (κ1) is 17.3. The summed E-state index contributed by atoms with van der Waals surface area (Å²) >= 11 is 1.56. The molecule has 0 saturated heterocycles. The third-order valence-corrected chi connectivity index (χ3v) is 4.49. The molecule has 0 spiro atoms. The lowest BCUT2D eigenvalue weighted by Crippen LogP contribution is -2.20. The summed E-state index contributed by atoms with van der Waals surface area (Å²) in [6.07, 6.45) is 0. The number of thiophene rings is 1.